The molecule has 210 valence electrons. The Labute approximate surface area is 207 Å². The van der Waals surface area contributed by atoms with E-state index in [0.717, 1.165) is 32.1 Å². The first kappa shape index (κ1) is 34.0. The zero-order valence-electron chi connectivity index (χ0n) is 20.9. The summed E-state index contributed by atoms with van der Waals surface area (Å²) < 4.78 is 98.1. The standard InChI is InChI=1S/C24H43F5O5S/c1-2-3-4-5-6-7-8-9-10-11-12-13-14-15-16-17-18-19-20-21(30)34-22(23(25,26)27)24(28,29)35(31,32)33/h22H,2-20H2,1H3,(H,31,32,33). The van der Waals surface area contributed by atoms with Crippen LogP contribution in [0.4, 0.5) is 22.0 Å². The van der Waals surface area contributed by atoms with E-state index < -0.39 is 40.0 Å². The van der Waals surface area contributed by atoms with Gasteiger partial charge in [-0.25, -0.2) is 0 Å². The Hall–Kier alpha value is -0.970. The molecule has 0 aromatic rings. The molecule has 0 aliphatic carbocycles. The largest absolute Gasteiger partial charge is 0.445 e. The Morgan fingerprint density at radius 1 is 0.686 bits per heavy atom. The third kappa shape index (κ3) is 16.4. The van der Waals surface area contributed by atoms with Gasteiger partial charge in [-0.2, -0.15) is 30.4 Å². The number of unbranched alkanes of at least 4 members (excludes halogenated alkanes) is 17. The predicted molar refractivity (Wildman–Crippen MR) is 126 cm³/mol. The second kappa shape index (κ2) is 18.3. The van der Waals surface area contributed by atoms with Crippen molar-refractivity contribution < 1.29 is 44.5 Å². The minimum Gasteiger partial charge on any atom is -0.445 e. The molecule has 35 heavy (non-hydrogen) atoms. The number of esters is 1. The lowest BCUT2D eigenvalue weighted by Gasteiger charge is -2.26. The van der Waals surface area contributed by atoms with Crippen LogP contribution in [0.5, 0.6) is 0 Å². The van der Waals surface area contributed by atoms with E-state index in [1.54, 1.807) is 0 Å². The normalized spacial score (nSPS) is 13.7. The van der Waals surface area contributed by atoms with Gasteiger partial charge in [0, 0.05) is 6.42 Å². The number of rotatable bonds is 22. The van der Waals surface area contributed by atoms with E-state index in [9.17, 15) is 35.2 Å². The Morgan fingerprint density at radius 3 is 1.29 bits per heavy atom. The topological polar surface area (TPSA) is 80.7 Å². The van der Waals surface area contributed by atoms with Gasteiger partial charge in [-0.15, -0.1) is 0 Å². The van der Waals surface area contributed by atoms with E-state index in [1.807, 2.05) is 0 Å². The molecule has 11 heteroatoms. The highest BCUT2D eigenvalue weighted by Crippen LogP contribution is 2.38. The summed E-state index contributed by atoms with van der Waals surface area (Å²) in [6.07, 6.45) is 9.25. The van der Waals surface area contributed by atoms with Crippen molar-refractivity contribution in [2.45, 2.75) is 146 Å². The molecule has 1 atom stereocenters. The lowest BCUT2D eigenvalue weighted by Crippen LogP contribution is -2.52. The van der Waals surface area contributed by atoms with Crippen molar-refractivity contribution in [1.29, 1.82) is 0 Å². The average molecular weight is 539 g/mol. The summed E-state index contributed by atoms with van der Waals surface area (Å²) in [5.74, 6) is -1.59. The molecule has 0 aliphatic heterocycles. The van der Waals surface area contributed by atoms with Crippen LogP contribution < -0.4 is 0 Å². The van der Waals surface area contributed by atoms with E-state index in [1.165, 1.54) is 70.6 Å². The van der Waals surface area contributed by atoms with Crippen LogP contribution in [0.15, 0.2) is 0 Å². The number of carbonyl (C=O) groups is 1. The number of hydrogen-bond acceptors (Lipinski definition) is 4. The van der Waals surface area contributed by atoms with Crippen molar-refractivity contribution >= 4 is 16.1 Å². The number of ether oxygens (including phenoxy) is 1. The molecule has 0 rings (SSSR count). The average Bonchev–Trinajstić information content (AvgIpc) is 2.75. The van der Waals surface area contributed by atoms with Gasteiger partial charge in [0.25, 0.3) is 6.10 Å². The highest BCUT2D eigenvalue weighted by Gasteiger charge is 2.65. The highest BCUT2D eigenvalue weighted by molar-refractivity contribution is 7.86. The summed E-state index contributed by atoms with van der Waals surface area (Å²) in [6.45, 7) is 2.22. The molecule has 0 amide bonds. The van der Waals surface area contributed by atoms with E-state index in [4.69, 9.17) is 4.55 Å². The van der Waals surface area contributed by atoms with Crippen molar-refractivity contribution in [3.63, 3.8) is 0 Å². The smallest absolute Gasteiger partial charge is 0.432 e. The lowest BCUT2D eigenvalue weighted by molar-refractivity contribution is -0.259. The molecule has 0 spiro atoms. The molecule has 0 saturated carbocycles. The first-order chi connectivity index (χ1) is 16.3. The first-order valence-corrected chi connectivity index (χ1v) is 14.4. The zero-order chi connectivity index (χ0) is 26.8. The summed E-state index contributed by atoms with van der Waals surface area (Å²) in [4.78, 5) is 11.5. The van der Waals surface area contributed by atoms with Gasteiger partial charge >= 0.3 is 27.5 Å². The van der Waals surface area contributed by atoms with Crippen LogP contribution in [0, 0.1) is 0 Å². The second-order valence-electron chi connectivity index (χ2n) is 9.21. The minimum absolute atomic E-state index is 0.138. The zero-order valence-corrected chi connectivity index (χ0v) is 21.7. The molecule has 0 heterocycles. The van der Waals surface area contributed by atoms with Gasteiger partial charge in [-0.05, 0) is 6.42 Å². The van der Waals surface area contributed by atoms with Gasteiger partial charge in [-0.3, -0.25) is 9.35 Å². The van der Waals surface area contributed by atoms with Crippen LogP contribution in [0.2, 0.25) is 0 Å². The molecule has 5 nitrogen and oxygen atoms in total. The fraction of sp³-hybridized carbons (Fsp3) is 0.958. The van der Waals surface area contributed by atoms with Gasteiger partial charge in [-0.1, -0.05) is 116 Å². The quantitative estimate of drug-likeness (QED) is 0.0648. The molecule has 0 radical (unpaired) electrons. The van der Waals surface area contributed by atoms with E-state index in [2.05, 4.69) is 11.7 Å². The summed E-state index contributed by atoms with van der Waals surface area (Å²) in [7, 11) is -6.41. The number of carbonyl (C=O) groups excluding carboxylic acids is 1. The van der Waals surface area contributed by atoms with Crippen molar-refractivity contribution in [2.24, 2.45) is 0 Å². The van der Waals surface area contributed by atoms with Gasteiger partial charge < -0.3 is 4.74 Å². The molecule has 0 fully saturated rings. The highest BCUT2D eigenvalue weighted by atomic mass is 32.2. The maximum Gasteiger partial charge on any atom is 0.432 e. The maximum absolute atomic E-state index is 13.4. The summed E-state index contributed by atoms with van der Waals surface area (Å²) in [5, 5.41) is -5.69. The number of halogens is 5. The molecule has 0 aromatic heterocycles. The predicted octanol–water partition coefficient (Wildman–Crippen LogP) is 8.37. The van der Waals surface area contributed by atoms with Gasteiger partial charge in [0.05, 0.1) is 0 Å². The van der Waals surface area contributed by atoms with Gasteiger partial charge in [0.15, 0.2) is 0 Å². The monoisotopic (exact) mass is 538 g/mol. The molecule has 0 saturated heterocycles. The van der Waals surface area contributed by atoms with Crippen molar-refractivity contribution in [3.8, 4) is 0 Å². The molecule has 1 N–H and O–H groups in total. The minimum atomic E-state index is -6.41. The van der Waals surface area contributed by atoms with Crippen molar-refractivity contribution in [3.05, 3.63) is 0 Å². The second-order valence-corrected chi connectivity index (χ2v) is 10.7. The van der Waals surface area contributed by atoms with Crippen LogP contribution in [0.1, 0.15) is 129 Å². The molecular formula is C24H43F5O5S. The molecule has 0 aromatic carbocycles. The summed E-state index contributed by atoms with van der Waals surface area (Å²) >= 11 is 0. The van der Waals surface area contributed by atoms with Crippen LogP contribution in [0.3, 0.4) is 0 Å². The van der Waals surface area contributed by atoms with Crippen LogP contribution in [0.25, 0.3) is 0 Å². The fourth-order valence-corrected chi connectivity index (χ4v) is 4.27. The summed E-state index contributed by atoms with van der Waals surface area (Å²) in [6, 6.07) is 0. The van der Waals surface area contributed by atoms with Crippen LogP contribution in [-0.2, 0) is 19.6 Å². The van der Waals surface area contributed by atoms with E-state index in [-0.39, 0.29) is 6.42 Å². The number of alkyl halides is 5. The lowest BCUT2D eigenvalue weighted by atomic mass is 10.0. The third-order valence-corrected chi connectivity index (χ3v) is 6.83. The number of hydrogen-bond donors (Lipinski definition) is 1. The third-order valence-electron chi connectivity index (χ3n) is 5.93. The van der Waals surface area contributed by atoms with Gasteiger partial charge in [0.1, 0.15) is 0 Å². The van der Waals surface area contributed by atoms with E-state index in [0.29, 0.717) is 6.42 Å². The molecule has 1 unspecified atom stereocenters. The van der Waals surface area contributed by atoms with Crippen molar-refractivity contribution in [1.82, 2.24) is 0 Å². The molecule has 0 bridgehead atoms. The summed E-state index contributed by atoms with van der Waals surface area (Å²) in [5.41, 5.74) is 0. The Balaban J connectivity index is 3.74. The maximum atomic E-state index is 13.4. The van der Waals surface area contributed by atoms with Crippen LogP contribution >= 0.6 is 0 Å². The van der Waals surface area contributed by atoms with Crippen LogP contribution in [-0.4, -0.2) is 36.5 Å². The van der Waals surface area contributed by atoms with Crippen molar-refractivity contribution in [2.75, 3.05) is 0 Å². The molecular weight excluding hydrogens is 495 g/mol. The molecule has 0 aliphatic rings. The Bertz CT molecular complexity index is 653. The first-order valence-electron chi connectivity index (χ1n) is 12.9. The SMILES string of the molecule is CCCCCCCCCCCCCCCCCCCCC(=O)OC(C(F)(F)F)C(F)(F)S(=O)(=O)O. The fourth-order valence-electron chi connectivity index (χ4n) is 3.82. The van der Waals surface area contributed by atoms with Gasteiger partial charge in [0.2, 0.25) is 0 Å². The Kier molecular flexibility index (Phi) is 17.8. The Morgan fingerprint density at radius 2 is 1.00 bits per heavy atom. The van der Waals surface area contributed by atoms with E-state index >= 15 is 0 Å².